The van der Waals surface area contributed by atoms with E-state index in [1.807, 2.05) is 31.0 Å². The van der Waals surface area contributed by atoms with Gasteiger partial charge in [0.1, 0.15) is 0 Å². The number of aryl methyl sites for hydroxylation is 1. The van der Waals surface area contributed by atoms with E-state index in [-0.39, 0.29) is 23.1 Å². The highest BCUT2D eigenvalue weighted by molar-refractivity contribution is 7.91. The second-order valence-corrected chi connectivity index (χ2v) is 10.6. The van der Waals surface area contributed by atoms with Crippen molar-refractivity contribution in [3.05, 3.63) is 50.6 Å². The Morgan fingerprint density at radius 3 is 2.82 bits per heavy atom. The van der Waals surface area contributed by atoms with E-state index < -0.39 is 9.84 Å². The first kappa shape index (κ1) is 19.3. The number of hydrogen-bond donors (Lipinski definition) is 0. The maximum atomic E-state index is 12.2. The summed E-state index contributed by atoms with van der Waals surface area (Å²) in [5.41, 5.74) is 3.68. The fourth-order valence-electron chi connectivity index (χ4n) is 3.82. The molecule has 0 N–H and O–H groups in total. The number of thiazole rings is 1. The molecular weight excluding hydrogens is 398 g/mol. The fourth-order valence-corrected chi connectivity index (χ4v) is 6.25. The molecule has 4 heterocycles. The molecular formula is C18H23N5O3S2. The summed E-state index contributed by atoms with van der Waals surface area (Å²) in [4.78, 5) is 19.5. The monoisotopic (exact) mass is 421 g/mol. The average Bonchev–Trinajstić information content (AvgIpc) is 3.29. The second kappa shape index (κ2) is 7.09. The Balaban J connectivity index is 1.52. The molecule has 0 aromatic carbocycles. The minimum absolute atomic E-state index is 0.0720. The molecule has 1 saturated heterocycles. The predicted octanol–water partition coefficient (Wildman–Crippen LogP) is 1.56. The molecule has 0 aliphatic carbocycles. The first-order valence-corrected chi connectivity index (χ1v) is 11.8. The van der Waals surface area contributed by atoms with Crippen LogP contribution in [-0.4, -0.2) is 51.0 Å². The number of fused-ring (bicyclic) bond motifs is 1. The molecule has 0 bridgehead atoms. The Kier molecular flexibility index (Phi) is 4.88. The first-order chi connectivity index (χ1) is 13.2. The average molecular weight is 422 g/mol. The highest BCUT2D eigenvalue weighted by atomic mass is 32.2. The van der Waals surface area contributed by atoms with Crippen molar-refractivity contribution in [2.45, 2.75) is 39.4 Å². The zero-order valence-electron chi connectivity index (χ0n) is 16.1. The van der Waals surface area contributed by atoms with Gasteiger partial charge in [-0.25, -0.2) is 13.4 Å². The van der Waals surface area contributed by atoms with E-state index in [2.05, 4.69) is 15.0 Å². The Morgan fingerprint density at radius 2 is 2.11 bits per heavy atom. The standard InChI is InChI=1S/C18H23N5O3S2/c1-12-16(13(2)23(20-12)15-4-7-28(25,26)11-15)10-21(3)9-14-8-17(24)22-5-6-27-18(22)19-14/h5-6,8,15H,4,7,9-11H2,1-3H3/t15-/m0/s1. The van der Waals surface area contributed by atoms with Crippen LogP contribution in [0.15, 0.2) is 22.4 Å². The fraction of sp³-hybridized carbons (Fsp3) is 0.500. The summed E-state index contributed by atoms with van der Waals surface area (Å²) in [7, 11) is -0.975. The highest BCUT2D eigenvalue weighted by Gasteiger charge is 2.31. The van der Waals surface area contributed by atoms with E-state index in [9.17, 15) is 13.2 Å². The Bertz CT molecular complexity index is 1190. The third-order valence-electron chi connectivity index (χ3n) is 5.25. The molecule has 0 unspecified atom stereocenters. The largest absolute Gasteiger partial charge is 0.296 e. The maximum Gasteiger partial charge on any atom is 0.258 e. The van der Waals surface area contributed by atoms with Gasteiger partial charge in [0.25, 0.3) is 5.56 Å². The van der Waals surface area contributed by atoms with Gasteiger partial charge in [-0.2, -0.15) is 5.10 Å². The first-order valence-electron chi connectivity index (χ1n) is 9.13. The van der Waals surface area contributed by atoms with E-state index in [4.69, 9.17) is 0 Å². The third kappa shape index (κ3) is 3.63. The summed E-state index contributed by atoms with van der Waals surface area (Å²) in [6, 6.07) is 1.49. The number of sulfone groups is 1. The lowest BCUT2D eigenvalue weighted by Crippen LogP contribution is -2.21. The van der Waals surface area contributed by atoms with Crippen LogP contribution in [0.25, 0.3) is 4.96 Å². The smallest absolute Gasteiger partial charge is 0.258 e. The van der Waals surface area contributed by atoms with Gasteiger partial charge in [0, 0.05) is 42.0 Å². The molecule has 1 aliphatic heterocycles. The summed E-state index contributed by atoms with van der Waals surface area (Å²) in [5, 5.41) is 6.47. The van der Waals surface area contributed by atoms with Crippen molar-refractivity contribution in [3.63, 3.8) is 0 Å². The zero-order chi connectivity index (χ0) is 20.1. The zero-order valence-corrected chi connectivity index (χ0v) is 17.8. The third-order valence-corrected chi connectivity index (χ3v) is 7.75. The minimum atomic E-state index is -2.96. The molecule has 3 aromatic heterocycles. The van der Waals surface area contributed by atoms with Crippen molar-refractivity contribution >= 4 is 26.1 Å². The predicted molar refractivity (Wildman–Crippen MR) is 109 cm³/mol. The lowest BCUT2D eigenvalue weighted by Gasteiger charge is -2.17. The lowest BCUT2D eigenvalue weighted by atomic mass is 10.1. The van der Waals surface area contributed by atoms with Gasteiger partial charge in [0.2, 0.25) is 0 Å². The van der Waals surface area contributed by atoms with E-state index in [0.29, 0.717) is 24.5 Å². The van der Waals surface area contributed by atoms with Crippen LogP contribution in [0.5, 0.6) is 0 Å². The van der Waals surface area contributed by atoms with Crippen LogP contribution >= 0.6 is 11.3 Å². The Hall–Kier alpha value is -2.04. The Morgan fingerprint density at radius 1 is 1.32 bits per heavy atom. The van der Waals surface area contributed by atoms with Crippen LogP contribution in [0.3, 0.4) is 0 Å². The molecule has 28 heavy (non-hydrogen) atoms. The van der Waals surface area contributed by atoms with Crippen molar-refractivity contribution in [2.75, 3.05) is 18.6 Å². The summed E-state index contributed by atoms with van der Waals surface area (Å²) in [6.45, 7) is 5.16. The normalized spacial score (nSPS) is 19.1. The molecule has 8 nitrogen and oxygen atoms in total. The van der Waals surface area contributed by atoms with E-state index in [1.54, 1.807) is 16.7 Å². The van der Waals surface area contributed by atoms with Gasteiger partial charge in [-0.05, 0) is 27.3 Å². The SMILES string of the molecule is Cc1nn([C@H]2CCS(=O)(=O)C2)c(C)c1CN(C)Cc1cc(=O)n2ccsc2n1. The summed E-state index contributed by atoms with van der Waals surface area (Å²) in [6.07, 6.45) is 2.35. The molecule has 150 valence electrons. The Labute approximate surface area is 167 Å². The van der Waals surface area contributed by atoms with Crippen molar-refractivity contribution in [2.24, 2.45) is 0 Å². The molecule has 10 heteroatoms. The van der Waals surface area contributed by atoms with Gasteiger partial charge in [-0.15, -0.1) is 11.3 Å². The van der Waals surface area contributed by atoms with E-state index in [0.717, 1.165) is 22.6 Å². The van der Waals surface area contributed by atoms with E-state index in [1.165, 1.54) is 11.3 Å². The van der Waals surface area contributed by atoms with Gasteiger partial charge in [0.15, 0.2) is 14.8 Å². The van der Waals surface area contributed by atoms with Crippen molar-refractivity contribution in [3.8, 4) is 0 Å². The number of rotatable bonds is 5. The summed E-state index contributed by atoms with van der Waals surface area (Å²) < 4.78 is 27.1. The van der Waals surface area contributed by atoms with E-state index >= 15 is 0 Å². The molecule has 0 saturated carbocycles. The molecule has 0 amide bonds. The summed E-state index contributed by atoms with van der Waals surface area (Å²) >= 11 is 1.44. The van der Waals surface area contributed by atoms with Gasteiger partial charge >= 0.3 is 0 Å². The quantitative estimate of drug-likeness (QED) is 0.621. The number of hydrogen-bond acceptors (Lipinski definition) is 7. The molecule has 0 radical (unpaired) electrons. The van der Waals surface area contributed by atoms with Crippen LogP contribution in [0.1, 0.15) is 35.1 Å². The van der Waals surface area contributed by atoms with Crippen LogP contribution in [0, 0.1) is 13.8 Å². The molecule has 4 rings (SSSR count). The van der Waals surface area contributed by atoms with Gasteiger partial charge in [-0.1, -0.05) is 0 Å². The molecule has 1 aliphatic rings. The van der Waals surface area contributed by atoms with Crippen LogP contribution in [-0.2, 0) is 22.9 Å². The second-order valence-electron chi connectivity index (χ2n) is 7.46. The molecule has 1 fully saturated rings. The maximum absolute atomic E-state index is 12.2. The molecule has 1 atom stereocenters. The van der Waals surface area contributed by atoms with Gasteiger partial charge < -0.3 is 0 Å². The van der Waals surface area contributed by atoms with Gasteiger partial charge in [-0.3, -0.25) is 18.8 Å². The van der Waals surface area contributed by atoms with Crippen molar-refractivity contribution in [1.82, 2.24) is 24.1 Å². The molecule has 0 spiro atoms. The number of aromatic nitrogens is 4. The van der Waals surface area contributed by atoms with Crippen LogP contribution in [0.2, 0.25) is 0 Å². The molecule has 3 aromatic rings. The van der Waals surface area contributed by atoms with Gasteiger partial charge in [0.05, 0.1) is 28.9 Å². The highest BCUT2D eigenvalue weighted by Crippen LogP contribution is 2.27. The number of nitrogens with zero attached hydrogens (tertiary/aromatic N) is 5. The van der Waals surface area contributed by atoms with Crippen LogP contribution in [0.4, 0.5) is 0 Å². The van der Waals surface area contributed by atoms with Crippen molar-refractivity contribution < 1.29 is 8.42 Å². The minimum Gasteiger partial charge on any atom is -0.296 e. The summed E-state index contributed by atoms with van der Waals surface area (Å²) in [5.74, 6) is 0.399. The topological polar surface area (TPSA) is 89.6 Å². The lowest BCUT2D eigenvalue weighted by molar-refractivity contribution is 0.313. The van der Waals surface area contributed by atoms with Crippen LogP contribution < -0.4 is 5.56 Å². The van der Waals surface area contributed by atoms with Crippen molar-refractivity contribution in [1.29, 1.82) is 0 Å².